The Balaban J connectivity index is 2.34. The zero-order valence-corrected chi connectivity index (χ0v) is 10.5. The Labute approximate surface area is 113 Å². The summed E-state index contributed by atoms with van der Waals surface area (Å²) in [5.41, 5.74) is 0.788. The van der Waals surface area contributed by atoms with Crippen LogP contribution in [0.4, 0.5) is 8.78 Å². The first-order valence-electron chi connectivity index (χ1n) is 5.62. The summed E-state index contributed by atoms with van der Waals surface area (Å²) in [5.74, 6) is -1.95. The lowest BCUT2D eigenvalue weighted by molar-refractivity contribution is 0.0599. The van der Waals surface area contributed by atoms with Gasteiger partial charge in [0.25, 0.3) is 0 Å². The monoisotopic (exact) mass is 276 g/mol. The van der Waals surface area contributed by atoms with Gasteiger partial charge in [-0.25, -0.2) is 23.5 Å². The lowest BCUT2D eigenvalue weighted by Crippen LogP contribution is -2.05. The van der Waals surface area contributed by atoms with Crippen LogP contribution in [0.5, 0.6) is 0 Å². The minimum atomic E-state index is -0.680. The molecule has 20 heavy (non-hydrogen) atoms. The van der Waals surface area contributed by atoms with Gasteiger partial charge >= 0.3 is 5.97 Å². The molecular formula is C14H10F2N2O2. The summed E-state index contributed by atoms with van der Waals surface area (Å²) in [7, 11) is 1.24. The first kappa shape index (κ1) is 13.8. The van der Waals surface area contributed by atoms with Crippen molar-refractivity contribution in [3.8, 4) is 0 Å². The van der Waals surface area contributed by atoms with Crippen molar-refractivity contribution in [3.63, 3.8) is 0 Å². The maximum absolute atomic E-state index is 13.0. The fraction of sp³-hybridized carbons (Fsp3) is 0.0714. The summed E-state index contributed by atoms with van der Waals surface area (Å²) in [6, 6.07) is 3.11. The van der Waals surface area contributed by atoms with E-state index in [-0.39, 0.29) is 5.56 Å². The van der Waals surface area contributed by atoms with E-state index >= 15 is 0 Å². The number of carbonyl (C=O) groups is 1. The predicted molar refractivity (Wildman–Crippen MR) is 68.7 cm³/mol. The Morgan fingerprint density at radius 3 is 2.55 bits per heavy atom. The third kappa shape index (κ3) is 3.23. The summed E-state index contributed by atoms with van der Waals surface area (Å²) in [6.07, 6.45) is 5.48. The lowest BCUT2D eigenvalue weighted by atomic mass is 10.1. The fourth-order valence-electron chi connectivity index (χ4n) is 1.59. The van der Waals surface area contributed by atoms with Gasteiger partial charge in [0.05, 0.1) is 12.8 Å². The molecule has 0 saturated heterocycles. The van der Waals surface area contributed by atoms with Crippen LogP contribution >= 0.6 is 0 Å². The van der Waals surface area contributed by atoms with Gasteiger partial charge in [-0.15, -0.1) is 0 Å². The van der Waals surface area contributed by atoms with Crippen molar-refractivity contribution in [3.05, 3.63) is 59.2 Å². The molecule has 0 aliphatic carbocycles. The minimum Gasteiger partial charge on any atom is -0.465 e. The van der Waals surface area contributed by atoms with Crippen molar-refractivity contribution >= 4 is 18.1 Å². The molecule has 0 unspecified atom stereocenters. The van der Waals surface area contributed by atoms with E-state index in [1.807, 2.05) is 0 Å². The molecule has 0 radical (unpaired) electrons. The van der Waals surface area contributed by atoms with Gasteiger partial charge in [0.15, 0.2) is 0 Å². The molecular weight excluding hydrogens is 266 g/mol. The minimum absolute atomic E-state index is 0.170. The number of halogens is 2. The van der Waals surface area contributed by atoms with Crippen LogP contribution in [0.2, 0.25) is 0 Å². The second-order valence-corrected chi connectivity index (χ2v) is 3.85. The third-order valence-corrected chi connectivity index (χ3v) is 2.47. The fourth-order valence-corrected chi connectivity index (χ4v) is 1.59. The van der Waals surface area contributed by atoms with Crippen LogP contribution in [0.25, 0.3) is 12.2 Å². The van der Waals surface area contributed by atoms with Crippen LogP contribution in [0.3, 0.4) is 0 Å². The summed E-state index contributed by atoms with van der Waals surface area (Å²) in [4.78, 5) is 19.2. The number of nitrogens with zero attached hydrogens (tertiary/aromatic N) is 2. The molecule has 1 aromatic heterocycles. The van der Waals surface area contributed by atoms with E-state index in [9.17, 15) is 13.6 Å². The Bertz CT molecular complexity index is 652. The van der Waals surface area contributed by atoms with Gasteiger partial charge in [-0.1, -0.05) is 6.08 Å². The molecule has 2 rings (SSSR count). The van der Waals surface area contributed by atoms with Gasteiger partial charge in [0, 0.05) is 12.3 Å². The standard InChI is InChI=1S/C14H10F2N2O2/c1-20-14(19)12-7-17-8-18-13(12)3-2-9-4-10(15)6-11(16)5-9/h2-8H,1H3. The average Bonchev–Trinajstić information content (AvgIpc) is 2.43. The maximum Gasteiger partial charge on any atom is 0.341 e. The second-order valence-electron chi connectivity index (χ2n) is 3.85. The molecule has 0 bridgehead atoms. The van der Waals surface area contributed by atoms with Crippen LogP contribution in [0.1, 0.15) is 21.6 Å². The molecule has 0 fully saturated rings. The van der Waals surface area contributed by atoms with E-state index in [0.717, 1.165) is 6.07 Å². The quantitative estimate of drug-likeness (QED) is 0.809. The Hall–Kier alpha value is -2.63. The number of esters is 1. The molecule has 1 aromatic carbocycles. The molecule has 0 spiro atoms. The van der Waals surface area contributed by atoms with Gasteiger partial charge in [0.2, 0.25) is 0 Å². The van der Waals surface area contributed by atoms with Crippen LogP contribution in [0, 0.1) is 11.6 Å². The van der Waals surface area contributed by atoms with E-state index in [1.54, 1.807) is 0 Å². The van der Waals surface area contributed by atoms with E-state index in [2.05, 4.69) is 14.7 Å². The molecule has 0 aliphatic heterocycles. The smallest absolute Gasteiger partial charge is 0.341 e. The van der Waals surface area contributed by atoms with Crippen LogP contribution in [-0.4, -0.2) is 23.0 Å². The predicted octanol–water partition coefficient (Wildman–Crippen LogP) is 2.71. The molecule has 6 heteroatoms. The second kappa shape index (κ2) is 6.01. The number of hydrogen-bond donors (Lipinski definition) is 0. The van der Waals surface area contributed by atoms with Crippen molar-refractivity contribution in [2.24, 2.45) is 0 Å². The molecule has 1 heterocycles. The zero-order chi connectivity index (χ0) is 14.5. The van der Waals surface area contributed by atoms with E-state index < -0.39 is 17.6 Å². The number of hydrogen-bond acceptors (Lipinski definition) is 4. The largest absolute Gasteiger partial charge is 0.465 e. The average molecular weight is 276 g/mol. The van der Waals surface area contributed by atoms with E-state index in [0.29, 0.717) is 11.3 Å². The highest BCUT2D eigenvalue weighted by molar-refractivity contribution is 5.93. The SMILES string of the molecule is COC(=O)c1cncnc1C=Cc1cc(F)cc(F)c1. The van der Waals surface area contributed by atoms with E-state index in [4.69, 9.17) is 0 Å². The van der Waals surface area contributed by atoms with Crippen molar-refractivity contribution in [1.29, 1.82) is 0 Å². The highest BCUT2D eigenvalue weighted by Crippen LogP contribution is 2.13. The van der Waals surface area contributed by atoms with Gasteiger partial charge in [-0.3, -0.25) is 0 Å². The Morgan fingerprint density at radius 1 is 1.20 bits per heavy atom. The number of carbonyl (C=O) groups excluding carboxylic acids is 1. The van der Waals surface area contributed by atoms with Crippen molar-refractivity contribution in [1.82, 2.24) is 9.97 Å². The highest BCUT2D eigenvalue weighted by atomic mass is 19.1. The Kier molecular flexibility index (Phi) is 4.14. The number of ether oxygens (including phenoxy) is 1. The summed E-state index contributed by atoms with van der Waals surface area (Å²) in [6.45, 7) is 0. The molecule has 2 aromatic rings. The highest BCUT2D eigenvalue weighted by Gasteiger charge is 2.10. The molecule has 0 amide bonds. The molecule has 4 nitrogen and oxygen atoms in total. The molecule has 0 atom stereocenters. The van der Waals surface area contributed by atoms with Gasteiger partial charge < -0.3 is 4.74 Å². The summed E-state index contributed by atoms with van der Waals surface area (Å²) in [5, 5.41) is 0. The normalized spacial score (nSPS) is 10.8. The number of benzene rings is 1. The molecule has 0 saturated carbocycles. The first-order valence-corrected chi connectivity index (χ1v) is 5.62. The van der Waals surface area contributed by atoms with Crippen LogP contribution < -0.4 is 0 Å². The number of aromatic nitrogens is 2. The van der Waals surface area contributed by atoms with Crippen LogP contribution in [-0.2, 0) is 4.74 Å². The zero-order valence-electron chi connectivity index (χ0n) is 10.5. The van der Waals surface area contributed by atoms with Crippen molar-refractivity contribution in [2.45, 2.75) is 0 Å². The van der Waals surface area contributed by atoms with E-state index in [1.165, 1.54) is 43.9 Å². The number of methoxy groups -OCH3 is 1. The van der Waals surface area contributed by atoms with Crippen molar-refractivity contribution < 1.29 is 18.3 Å². The van der Waals surface area contributed by atoms with Crippen LogP contribution in [0.15, 0.2) is 30.7 Å². The topological polar surface area (TPSA) is 52.1 Å². The first-order chi connectivity index (χ1) is 9.60. The Morgan fingerprint density at radius 2 is 1.90 bits per heavy atom. The maximum atomic E-state index is 13.0. The number of rotatable bonds is 3. The molecule has 0 aliphatic rings. The lowest BCUT2D eigenvalue weighted by Gasteiger charge is -2.01. The summed E-state index contributed by atoms with van der Waals surface area (Å²) < 4.78 is 30.7. The van der Waals surface area contributed by atoms with Gasteiger partial charge in [0.1, 0.15) is 23.5 Å². The summed E-state index contributed by atoms with van der Waals surface area (Å²) >= 11 is 0. The molecule has 102 valence electrons. The van der Waals surface area contributed by atoms with Gasteiger partial charge in [-0.05, 0) is 23.8 Å². The van der Waals surface area contributed by atoms with Gasteiger partial charge in [-0.2, -0.15) is 0 Å². The third-order valence-electron chi connectivity index (χ3n) is 2.47. The molecule has 0 N–H and O–H groups in total. The van der Waals surface area contributed by atoms with Crippen molar-refractivity contribution in [2.75, 3.05) is 7.11 Å².